The van der Waals surface area contributed by atoms with E-state index in [4.69, 9.17) is 0 Å². The van der Waals surface area contributed by atoms with Crippen molar-refractivity contribution in [2.24, 2.45) is 0 Å². The van der Waals surface area contributed by atoms with E-state index in [2.05, 4.69) is 10.3 Å². The first-order valence-electron chi connectivity index (χ1n) is 7.87. The maximum absolute atomic E-state index is 12.4. The standard InChI is InChI=1S/C20H18N2O2/c1-2-14-8-6-7-11-17(14)21-19(23)16-12-13-18(22-20(16)24)15-9-4-3-5-10-15/h3-13H,2H2,1H3,(H,21,23)(H,22,24). The summed E-state index contributed by atoms with van der Waals surface area (Å²) < 4.78 is 0. The van der Waals surface area contributed by atoms with E-state index >= 15 is 0 Å². The lowest BCUT2D eigenvalue weighted by atomic mass is 10.1. The van der Waals surface area contributed by atoms with Crippen LogP contribution in [0, 0.1) is 0 Å². The molecule has 0 atom stereocenters. The molecule has 0 fully saturated rings. The molecule has 3 rings (SSSR count). The minimum absolute atomic E-state index is 0.0978. The maximum atomic E-state index is 12.4. The second-order valence-electron chi connectivity index (χ2n) is 5.45. The Morgan fingerprint density at radius 3 is 2.38 bits per heavy atom. The van der Waals surface area contributed by atoms with Crippen LogP contribution in [0.5, 0.6) is 0 Å². The number of amides is 1. The molecule has 0 saturated heterocycles. The van der Waals surface area contributed by atoms with E-state index in [1.807, 2.05) is 61.5 Å². The van der Waals surface area contributed by atoms with E-state index in [-0.39, 0.29) is 5.56 Å². The van der Waals surface area contributed by atoms with E-state index < -0.39 is 11.5 Å². The van der Waals surface area contributed by atoms with Gasteiger partial charge in [-0.05, 0) is 35.7 Å². The molecule has 0 unspecified atom stereocenters. The summed E-state index contributed by atoms with van der Waals surface area (Å²) in [4.78, 5) is 27.5. The van der Waals surface area contributed by atoms with Crippen LogP contribution in [0.1, 0.15) is 22.8 Å². The third-order valence-corrected chi connectivity index (χ3v) is 3.89. The largest absolute Gasteiger partial charge is 0.322 e. The third kappa shape index (κ3) is 3.27. The Morgan fingerprint density at radius 2 is 1.67 bits per heavy atom. The molecule has 24 heavy (non-hydrogen) atoms. The summed E-state index contributed by atoms with van der Waals surface area (Å²) in [5, 5.41) is 2.82. The quantitative estimate of drug-likeness (QED) is 0.767. The Hall–Kier alpha value is -3.14. The topological polar surface area (TPSA) is 62.0 Å². The van der Waals surface area contributed by atoms with Crippen LogP contribution in [-0.2, 0) is 6.42 Å². The number of hydrogen-bond acceptors (Lipinski definition) is 2. The monoisotopic (exact) mass is 318 g/mol. The van der Waals surface area contributed by atoms with Gasteiger partial charge in [0, 0.05) is 11.4 Å². The smallest absolute Gasteiger partial charge is 0.261 e. The van der Waals surface area contributed by atoms with Crippen molar-refractivity contribution in [2.75, 3.05) is 5.32 Å². The minimum atomic E-state index is -0.406. The van der Waals surface area contributed by atoms with Gasteiger partial charge in [-0.25, -0.2) is 0 Å². The first-order valence-corrected chi connectivity index (χ1v) is 7.87. The first kappa shape index (κ1) is 15.7. The van der Waals surface area contributed by atoms with E-state index in [0.717, 1.165) is 23.2 Å². The van der Waals surface area contributed by atoms with Gasteiger partial charge in [-0.3, -0.25) is 9.59 Å². The highest BCUT2D eigenvalue weighted by Crippen LogP contribution is 2.17. The Bertz CT molecular complexity index is 914. The molecule has 0 spiro atoms. The SMILES string of the molecule is CCc1ccccc1NC(=O)c1ccc(-c2ccccc2)[nH]c1=O. The molecule has 2 N–H and O–H groups in total. The van der Waals surface area contributed by atoms with Gasteiger partial charge in [-0.15, -0.1) is 0 Å². The van der Waals surface area contributed by atoms with Crippen LogP contribution in [0.2, 0.25) is 0 Å². The Kier molecular flexibility index (Phi) is 4.57. The molecule has 2 aromatic carbocycles. The molecule has 1 heterocycles. The fraction of sp³-hybridized carbons (Fsp3) is 0.100. The predicted octanol–water partition coefficient (Wildman–Crippen LogP) is 3.86. The predicted molar refractivity (Wildman–Crippen MR) is 96.3 cm³/mol. The van der Waals surface area contributed by atoms with Gasteiger partial charge in [0.15, 0.2) is 0 Å². The number of benzene rings is 2. The van der Waals surface area contributed by atoms with E-state index in [9.17, 15) is 9.59 Å². The van der Waals surface area contributed by atoms with Gasteiger partial charge in [0.05, 0.1) is 0 Å². The minimum Gasteiger partial charge on any atom is -0.322 e. The lowest BCUT2D eigenvalue weighted by Crippen LogP contribution is -2.23. The van der Waals surface area contributed by atoms with Crippen LogP contribution < -0.4 is 10.9 Å². The van der Waals surface area contributed by atoms with Crippen LogP contribution in [0.4, 0.5) is 5.69 Å². The van der Waals surface area contributed by atoms with E-state index in [0.29, 0.717) is 5.69 Å². The highest BCUT2D eigenvalue weighted by atomic mass is 16.2. The van der Waals surface area contributed by atoms with Crippen LogP contribution in [-0.4, -0.2) is 10.9 Å². The molecule has 1 aromatic heterocycles. The number of rotatable bonds is 4. The van der Waals surface area contributed by atoms with Crippen LogP contribution in [0.3, 0.4) is 0 Å². The highest BCUT2D eigenvalue weighted by Gasteiger charge is 2.13. The molecule has 1 amide bonds. The van der Waals surface area contributed by atoms with Gasteiger partial charge < -0.3 is 10.3 Å². The number of pyridine rings is 1. The lowest BCUT2D eigenvalue weighted by Gasteiger charge is -2.09. The van der Waals surface area contributed by atoms with Crippen molar-refractivity contribution in [1.82, 2.24) is 4.98 Å². The van der Waals surface area contributed by atoms with Gasteiger partial charge in [-0.2, -0.15) is 0 Å². The molecule has 3 aromatic rings. The van der Waals surface area contributed by atoms with Crippen molar-refractivity contribution in [2.45, 2.75) is 13.3 Å². The van der Waals surface area contributed by atoms with Crippen molar-refractivity contribution >= 4 is 11.6 Å². The number of carbonyl (C=O) groups excluding carboxylic acids is 1. The average molecular weight is 318 g/mol. The Balaban J connectivity index is 1.87. The second kappa shape index (κ2) is 6.96. The van der Waals surface area contributed by atoms with Crippen molar-refractivity contribution < 1.29 is 4.79 Å². The van der Waals surface area contributed by atoms with Gasteiger partial charge in [0.25, 0.3) is 11.5 Å². The fourth-order valence-corrected chi connectivity index (χ4v) is 2.58. The van der Waals surface area contributed by atoms with Crippen LogP contribution in [0.15, 0.2) is 71.5 Å². The van der Waals surface area contributed by atoms with Crippen molar-refractivity contribution in [3.05, 3.63) is 88.2 Å². The van der Waals surface area contributed by atoms with Crippen molar-refractivity contribution in [1.29, 1.82) is 0 Å². The van der Waals surface area contributed by atoms with E-state index in [1.165, 1.54) is 0 Å². The molecule has 4 nitrogen and oxygen atoms in total. The Labute approximate surface area is 140 Å². The maximum Gasteiger partial charge on any atom is 0.261 e. The lowest BCUT2D eigenvalue weighted by molar-refractivity contribution is 0.102. The number of hydrogen-bond donors (Lipinski definition) is 2. The average Bonchev–Trinajstić information content (AvgIpc) is 2.62. The molecular formula is C20H18N2O2. The molecule has 120 valence electrons. The fourth-order valence-electron chi connectivity index (χ4n) is 2.58. The van der Waals surface area contributed by atoms with Gasteiger partial charge in [0.2, 0.25) is 0 Å². The highest BCUT2D eigenvalue weighted by molar-refractivity contribution is 6.04. The number of nitrogens with one attached hydrogen (secondary N) is 2. The van der Waals surface area contributed by atoms with Gasteiger partial charge in [0.1, 0.15) is 5.56 Å². The summed E-state index contributed by atoms with van der Waals surface area (Å²) in [5.41, 5.74) is 3.05. The summed E-state index contributed by atoms with van der Waals surface area (Å²) in [6, 6.07) is 20.4. The van der Waals surface area contributed by atoms with Crippen molar-refractivity contribution in [3.63, 3.8) is 0 Å². The number of aryl methyl sites for hydroxylation is 1. The van der Waals surface area contributed by atoms with Crippen LogP contribution in [0.25, 0.3) is 11.3 Å². The zero-order chi connectivity index (χ0) is 16.9. The van der Waals surface area contributed by atoms with Crippen molar-refractivity contribution in [3.8, 4) is 11.3 Å². The number of aromatic amines is 1. The first-order chi connectivity index (χ1) is 11.7. The summed E-state index contributed by atoms with van der Waals surface area (Å²) in [5.74, 6) is -0.406. The second-order valence-corrected chi connectivity index (χ2v) is 5.45. The van der Waals surface area contributed by atoms with E-state index in [1.54, 1.807) is 12.1 Å². The molecule has 0 saturated carbocycles. The Morgan fingerprint density at radius 1 is 0.958 bits per heavy atom. The number of aromatic nitrogens is 1. The number of anilines is 1. The molecule has 0 aliphatic carbocycles. The number of H-pyrrole nitrogens is 1. The zero-order valence-electron chi connectivity index (χ0n) is 13.4. The summed E-state index contributed by atoms with van der Waals surface area (Å²) >= 11 is 0. The van der Waals surface area contributed by atoms with Crippen LogP contribution >= 0.6 is 0 Å². The molecule has 4 heteroatoms. The summed E-state index contributed by atoms with van der Waals surface area (Å²) in [6.07, 6.45) is 0.805. The molecule has 0 aliphatic rings. The number of carbonyl (C=O) groups is 1. The molecular weight excluding hydrogens is 300 g/mol. The zero-order valence-corrected chi connectivity index (χ0v) is 13.4. The molecule has 0 bridgehead atoms. The molecule has 0 radical (unpaired) electrons. The van der Waals surface area contributed by atoms with Gasteiger partial charge in [-0.1, -0.05) is 55.5 Å². The number of para-hydroxylation sites is 1. The summed E-state index contributed by atoms with van der Waals surface area (Å²) in [6.45, 7) is 2.02. The summed E-state index contributed by atoms with van der Waals surface area (Å²) in [7, 11) is 0. The van der Waals surface area contributed by atoms with Gasteiger partial charge >= 0.3 is 0 Å². The third-order valence-electron chi connectivity index (χ3n) is 3.89. The molecule has 0 aliphatic heterocycles. The normalized spacial score (nSPS) is 10.4.